The maximum Gasteiger partial charge on any atom is 0.472 e. The van der Waals surface area contributed by atoms with Crippen molar-refractivity contribution in [3.63, 3.8) is 0 Å². The molecule has 2 unspecified atom stereocenters. The number of unbranched alkanes of at least 4 members (excludes halogenated alkanes) is 51. The zero-order chi connectivity index (χ0) is 74.2. The van der Waals surface area contributed by atoms with Crippen molar-refractivity contribution >= 4 is 39.5 Å². The SMILES string of the molecule is CCCCCCCCCCCCCCCCCCCCCCCCC(=O)O[C@H](COC(=O)CCCCCCCCCCCCCC(C)C)COP(=O)(O)OC[C@@H](O)COP(=O)(O)OC[C@@H](COC(=O)CCCCCCCCCCCCC)OC(=O)CCCCCCCCCCCCCC(C)C. The molecule has 0 saturated heterocycles. The van der Waals surface area contributed by atoms with Gasteiger partial charge in [-0.1, -0.05) is 382 Å². The average molecular weight is 1480 g/mol. The fourth-order valence-electron chi connectivity index (χ4n) is 12.7. The summed E-state index contributed by atoms with van der Waals surface area (Å²) >= 11 is 0. The minimum absolute atomic E-state index is 0.107. The normalized spacial score (nSPS) is 13.9. The fourth-order valence-corrected chi connectivity index (χ4v) is 14.3. The van der Waals surface area contributed by atoms with Crippen LogP contribution in [-0.4, -0.2) is 96.7 Å². The molecule has 3 N–H and O–H groups in total. The summed E-state index contributed by atoms with van der Waals surface area (Å²) < 4.78 is 68.7. The van der Waals surface area contributed by atoms with Gasteiger partial charge in [0.1, 0.15) is 19.3 Å². The lowest BCUT2D eigenvalue weighted by molar-refractivity contribution is -0.161. The van der Waals surface area contributed by atoms with Crippen molar-refractivity contribution in [1.29, 1.82) is 0 Å². The van der Waals surface area contributed by atoms with Crippen molar-refractivity contribution in [2.75, 3.05) is 39.6 Å². The summed E-state index contributed by atoms with van der Waals surface area (Å²) in [6, 6.07) is 0. The van der Waals surface area contributed by atoms with E-state index in [4.69, 9.17) is 37.0 Å². The van der Waals surface area contributed by atoms with Crippen LogP contribution in [0.5, 0.6) is 0 Å². The highest BCUT2D eigenvalue weighted by Crippen LogP contribution is 2.45. The minimum atomic E-state index is -4.96. The molecule has 19 heteroatoms. The molecule has 101 heavy (non-hydrogen) atoms. The van der Waals surface area contributed by atoms with E-state index in [0.717, 1.165) is 102 Å². The molecule has 600 valence electrons. The molecule has 0 fully saturated rings. The van der Waals surface area contributed by atoms with Crippen LogP contribution in [0.1, 0.15) is 433 Å². The highest BCUT2D eigenvalue weighted by atomic mass is 31.2. The molecule has 0 bridgehead atoms. The quantitative estimate of drug-likeness (QED) is 0.0222. The van der Waals surface area contributed by atoms with Crippen molar-refractivity contribution in [3.8, 4) is 0 Å². The van der Waals surface area contributed by atoms with Gasteiger partial charge in [0.15, 0.2) is 12.2 Å². The summed E-state index contributed by atoms with van der Waals surface area (Å²) in [5.74, 6) is -0.572. The zero-order valence-corrected chi connectivity index (χ0v) is 68.0. The van der Waals surface area contributed by atoms with E-state index < -0.39 is 97.5 Å². The van der Waals surface area contributed by atoms with Gasteiger partial charge >= 0.3 is 39.5 Å². The van der Waals surface area contributed by atoms with Crippen molar-refractivity contribution in [2.45, 2.75) is 452 Å². The molecule has 0 aromatic carbocycles. The Morgan fingerprint density at radius 3 is 0.673 bits per heavy atom. The molecule has 0 amide bonds. The predicted molar refractivity (Wildman–Crippen MR) is 414 cm³/mol. The number of aliphatic hydroxyl groups excluding tert-OH is 1. The van der Waals surface area contributed by atoms with Crippen LogP contribution >= 0.6 is 15.6 Å². The van der Waals surface area contributed by atoms with Crippen molar-refractivity contribution in [2.24, 2.45) is 11.8 Å². The number of hydrogen-bond acceptors (Lipinski definition) is 15. The van der Waals surface area contributed by atoms with Gasteiger partial charge < -0.3 is 33.8 Å². The average Bonchev–Trinajstić information content (AvgIpc) is 1.03. The zero-order valence-electron chi connectivity index (χ0n) is 66.2. The molecule has 0 aromatic rings. The first kappa shape index (κ1) is 99.1. The Kier molecular flexibility index (Phi) is 72.2. The molecule has 5 atom stereocenters. The molecule has 0 spiro atoms. The van der Waals surface area contributed by atoms with Crippen LogP contribution in [0.25, 0.3) is 0 Å². The van der Waals surface area contributed by atoms with E-state index >= 15 is 0 Å². The van der Waals surface area contributed by atoms with E-state index in [1.165, 1.54) is 250 Å². The number of carbonyl (C=O) groups is 4. The maximum absolute atomic E-state index is 13.1. The Morgan fingerprint density at radius 2 is 0.455 bits per heavy atom. The van der Waals surface area contributed by atoms with Crippen molar-refractivity contribution in [1.82, 2.24) is 0 Å². The smallest absolute Gasteiger partial charge is 0.462 e. The second kappa shape index (κ2) is 73.6. The lowest BCUT2D eigenvalue weighted by atomic mass is 10.0. The summed E-state index contributed by atoms with van der Waals surface area (Å²) in [6.45, 7) is 9.64. The number of ether oxygens (including phenoxy) is 4. The lowest BCUT2D eigenvalue weighted by Crippen LogP contribution is -2.30. The van der Waals surface area contributed by atoms with E-state index in [1.807, 2.05) is 0 Å². The van der Waals surface area contributed by atoms with Gasteiger partial charge in [-0.3, -0.25) is 37.3 Å². The number of rotatable bonds is 81. The molecule has 0 aliphatic heterocycles. The number of carbonyl (C=O) groups excluding carboxylic acids is 4. The molecule has 0 heterocycles. The van der Waals surface area contributed by atoms with E-state index in [2.05, 4.69) is 41.5 Å². The second-order valence-electron chi connectivity index (χ2n) is 30.5. The molecular formula is C82H160O17P2. The van der Waals surface area contributed by atoms with Crippen LogP contribution in [0.15, 0.2) is 0 Å². The van der Waals surface area contributed by atoms with Crippen LogP contribution in [-0.2, 0) is 65.4 Å². The van der Waals surface area contributed by atoms with E-state index in [9.17, 15) is 43.2 Å². The first-order valence-electron chi connectivity index (χ1n) is 42.5. The van der Waals surface area contributed by atoms with Gasteiger partial charge in [-0.05, 0) is 37.5 Å². The van der Waals surface area contributed by atoms with E-state index in [-0.39, 0.29) is 25.7 Å². The van der Waals surface area contributed by atoms with Crippen LogP contribution in [0.3, 0.4) is 0 Å². The highest BCUT2D eigenvalue weighted by Gasteiger charge is 2.30. The third-order valence-electron chi connectivity index (χ3n) is 19.2. The number of phosphoric acid groups is 2. The van der Waals surface area contributed by atoms with Crippen LogP contribution in [0.4, 0.5) is 0 Å². The maximum atomic E-state index is 13.1. The first-order chi connectivity index (χ1) is 48.9. The van der Waals surface area contributed by atoms with Gasteiger partial charge in [-0.2, -0.15) is 0 Å². The standard InChI is InChI=1S/C82H160O17P2/c1-7-9-11-13-15-17-19-20-21-22-23-24-25-26-27-28-29-35-42-48-54-60-66-81(86)98-78(71-93-80(85)65-59-53-47-41-36-30-33-38-44-50-56-62-74(3)4)73-97-101(90,91)95-69-76(83)68-94-100(88,89)96-72-77(70-92-79(84)64-58-52-46-40-32-18-16-14-12-10-8-2)99-82(87)67-61-55-49-43-37-31-34-39-45-51-57-63-75(5)6/h74-78,83H,7-73H2,1-6H3,(H,88,89)(H,90,91)/t76-,77+,78+/m0/s1. The first-order valence-corrected chi connectivity index (χ1v) is 45.5. The summed E-state index contributed by atoms with van der Waals surface area (Å²) in [5, 5.41) is 10.6. The number of hydrogen-bond donors (Lipinski definition) is 3. The van der Waals surface area contributed by atoms with E-state index in [0.29, 0.717) is 25.7 Å². The van der Waals surface area contributed by atoms with Crippen LogP contribution in [0, 0.1) is 11.8 Å². The fraction of sp³-hybridized carbons (Fsp3) is 0.951. The van der Waals surface area contributed by atoms with Gasteiger partial charge in [0.05, 0.1) is 26.4 Å². The third-order valence-corrected chi connectivity index (χ3v) is 21.1. The number of phosphoric ester groups is 2. The summed E-state index contributed by atoms with van der Waals surface area (Å²) in [6.07, 6.45) is 63.9. The molecule has 0 rings (SSSR count). The molecule has 0 aliphatic rings. The van der Waals surface area contributed by atoms with E-state index in [1.54, 1.807) is 0 Å². The number of aliphatic hydroxyl groups is 1. The molecule has 17 nitrogen and oxygen atoms in total. The van der Waals surface area contributed by atoms with Gasteiger partial charge in [-0.15, -0.1) is 0 Å². The van der Waals surface area contributed by atoms with Crippen molar-refractivity contribution < 1.29 is 80.2 Å². The molecule has 0 aromatic heterocycles. The van der Waals surface area contributed by atoms with Gasteiger partial charge in [-0.25, -0.2) is 9.13 Å². The molecule has 0 radical (unpaired) electrons. The lowest BCUT2D eigenvalue weighted by Gasteiger charge is -2.21. The number of esters is 4. The molecule has 0 saturated carbocycles. The largest absolute Gasteiger partial charge is 0.472 e. The Hall–Kier alpha value is -1.94. The van der Waals surface area contributed by atoms with Crippen molar-refractivity contribution in [3.05, 3.63) is 0 Å². The summed E-state index contributed by atoms with van der Waals surface area (Å²) in [7, 11) is -9.92. The Morgan fingerprint density at radius 1 is 0.267 bits per heavy atom. The topological polar surface area (TPSA) is 237 Å². The summed E-state index contributed by atoms with van der Waals surface area (Å²) in [5.41, 5.74) is 0. The van der Waals surface area contributed by atoms with Crippen LogP contribution < -0.4 is 0 Å². The monoisotopic (exact) mass is 1480 g/mol. The highest BCUT2D eigenvalue weighted by molar-refractivity contribution is 7.47. The summed E-state index contributed by atoms with van der Waals surface area (Å²) in [4.78, 5) is 73.0. The van der Waals surface area contributed by atoms with Gasteiger partial charge in [0.2, 0.25) is 0 Å². The minimum Gasteiger partial charge on any atom is -0.462 e. The van der Waals surface area contributed by atoms with Crippen LogP contribution in [0.2, 0.25) is 0 Å². The third kappa shape index (κ3) is 76.1. The molecular weight excluding hydrogens is 1320 g/mol. The van der Waals surface area contributed by atoms with Gasteiger partial charge in [0.25, 0.3) is 0 Å². The molecule has 0 aliphatic carbocycles. The van der Waals surface area contributed by atoms with Gasteiger partial charge in [0, 0.05) is 25.7 Å². The predicted octanol–water partition coefficient (Wildman–Crippen LogP) is 24.7. The second-order valence-corrected chi connectivity index (χ2v) is 33.4. The Balaban J connectivity index is 5.21. The Bertz CT molecular complexity index is 1940. The Labute approximate surface area is 619 Å².